The van der Waals surface area contributed by atoms with Gasteiger partial charge in [-0.15, -0.1) is 0 Å². The molecular weight excluding hydrogens is 424 g/mol. The molecule has 0 saturated heterocycles. The number of fused-ring (bicyclic) bond motifs is 1. The van der Waals surface area contributed by atoms with Crippen molar-refractivity contribution in [3.05, 3.63) is 75.2 Å². The summed E-state index contributed by atoms with van der Waals surface area (Å²) >= 11 is 0. The first-order chi connectivity index (χ1) is 15.4. The monoisotopic (exact) mass is 443 g/mol. The molecule has 2 aromatic heterocycles. The Kier molecular flexibility index (Phi) is 5.91. The van der Waals surface area contributed by atoms with E-state index in [1.807, 2.05) is 6.20 Å². The van der Waals surface area contributed by atoms with Gasteiger partial charge in [-0.2, -0.15) is 5.10 Å². The van der Waals surface area contributed by atoms with Crippen molar-refractivity contribution in [2.24, 2.45) is 0 Å². The van der Waals surface area contributed by atoms with Crippen molar-refractivity contribution in [3.8, 4) is 11.3 Å². The number of aromatic nitrogens is 3. The predicted octanol–water partition coefficient (Wildman–Crippen LogP) is 2.86. The fraction of sp³-hybridized carbons (Fsp3) is 0.286. The van der Waals surface area contributed by atoms with Crippen LogP contribution in [0.15, 0.2) is 36.5 Å². The summed E-state index contributed by atoms with van der Waals surface area (Å²) in [4.78, 5) is 29.4. The largest absolute Gasteiger partial charge is 0.383 e. The maximum Gasteiger partial charge on any atom is 0.291 e. The highest BCUT2D eigenvalue weighted by atomic mass is 19.1. The lowest BCUT2D eigenvalue weighted by Crippen LogP contribution is -2.28. The molecule has 1 aliphatic heterocycles. The number of benzene rings is 1. The topological polar surface area (TPSA) is 103 Å². The van der Waals surface area contributed by atoms with Crippen LogP contribution in [0, 0.1) is 21.7 Å². The number of rotatable bonds is 7. The number of hydrogen-bond acceptors (Lipinski definition) is 6. The van der Waals surface area contributed by atoms with E-state index in [0.717, 1.165) is 17.3 Å². The molecule has 3 heterocycles. The van der Waals surface area contributed by atoms with E-state index in [4.69, 9.17) is 4.74 Å². The number of nitro groups is 1. The number of ether oxygens (including phenoxy) is 1. The maximum absolute atomic E-state index is 14.2. The smallest absolute Gasteiger partial charge is 0.291 e. The van der Waals surface area contributed by atoms with Crippen molar-refractivity contribution in [3.63, 3.8) is 0 Å². The van der Waals surface area contributed by atoms with E-state index in [0.29, 0.717) is 25.8 Å². The van der Waals surface area contributed by atoms with Gasteiger partial charge in [-0.05, 0) is 18.2 Å². The standard InChI is InChI=1S/C21H19F2N5O4/c1-32-7-6-27-11-13-10-26(12-19(13)25-27)21(29)9-18-20(28(30)31)5-4-17(24-18)15-3-2-14(22)8-16(15)23/h2-5,8,11H,6-7,9-10,12H2,1H3. The van der Waals surface area contributed by atoms with Gasteiger partial charge in [0.15, 0.2) is 0 Å². The van der Waals surface area contributed by atoms with Crippen LogP contribution in [0.2, 0.25) is 0 Å². The fourth-order valence-corrected chi connectivity index (χ4v) is 3.58. The molecule has 166 valence electrons. The zero-order chi connectivity index (χ0) is 22.8. The van der Waals surface area contributed by atoms with Gasteiger partial charge in [0, 0.05) is 43.1 Å². The number of carbonyl (C=O) groups is 1. The Bertz CT molecular complexity index is 1170. The molecule has 0 unspecified atom stereocenters. The maximum atomic E-state index is 14.2. The van der Waals surface area contributed by atoms with Gasteiger partial charge in [0.2, 0.25) is 5.91 Å². The molecular formula is C21H19F2N5O4. The quantitative estimate of drug-likeness (QED) is 0.411. The summed E-state index contributed by atoms with van der Waals surface area (Å²) < 4.78 is 34.2. The summed E-state index contributed by atoms with van der Waals surface area (Å²) in [6, 6.07) is 5.42. The second-order valence-electron chi connectivity index (χ2n) is 7.33. The van der Waals surface area contributed by atoms with Crippen LogP contribution in [-0.4, -0.2) is 44.2 Å². The van der Waals surface area contributed by atoms with E-state index in [1.165, 1.54) is 23.1 Å². The summed E-state index contributed by atoms with van der Waals surface area (Å²) in [5.41, 5.74) is 1.30. The Morgan fingerprint density at radius 3 is 2.75 bits per heavy atom. The number of nitrogens with zero attached hydrogens (tertiary/aromatic N) is 5. The van der Waals surface area contributed by atoms with E-state index in [-0.39, 0.29) is 41.5 Å². The highest BCUT2D eigenvalue weighted by molar-refractivity contribution is 5.80. The Balaban J connectivity index is 1.54. The lowest BCUT2D eigenvalue weighted by atomic mass is 10.1. The number of amides is 1. The number of methoxy groups -OCH3 is 1. The third kappa shape index (κ3) is 4.33. The van der Waals surface area contributed by atoms with Gasteiger partial charge in [0.1, 0.15) is 17.3 Å². The van der Waals surface area contributed by atoms with Gasteiger partial charge >= 0.3 is 0 Å². The minimum atomic E-state index is -0.848. The lowest BCUT2D eigenvalue weighted by Gasteiger charge is -2.16. The molecule has 0 aliphatic carbocycles. The number of pyridine rings is 1. The van der Waals surface area contributed by atoms with Crippen LogP contribution < -0.4 is 0 Å². The number of carbonyl (C=O) groups excluding carboxylic acids is 1. The minimum absolute atomic E-state index is 0.0126. The van der Waals surface area contributed by atoms with Crippen LogP contribution in [-0.2, 0) is 35.6 Å². The number of hydrogen-bond donors (Lipinski definition) is 0. The summed E-state index contributed by atoms with van der Waals surface area (Å²) in [6.45, 7) is 1.74. The van der Waals surface area contributed by atoms with Crippen LogP contribution in [0.5, 0.6) is 0 Å². The van der Waals surface area contributed by atoms with E-state index in [9.17, 15) is 23.7 Å². The first kappa shape index (κ1) is 21.5. The minimum Gasteiger partial charge on any atom is -0.383 e. The first-order valence-corrected chi connectivity index (χ1v) is 9.77. The highest BCUT2D eigenvalue weighted by Crippen LogP contribution is 2.28. The zero-order valence-electron chi connectivity index (χ0n) is 17.1. The summed E-state index contributed by atoms with van der Waals surface area (Å²) in [5.74, 6) is -1.96. The zero-order valence-corrected chi connectivity index (χ0v) is 17.1. The van der Waals surface area contributed by atoms with Gasteiger partial charge in [0.25, 0.3) is 5.69 Å². The van der Waals surface area contributed by atoms with E-state index < -0.39 is 16.6 Å². The second-order valence-corrected chi connectivity index (χ2v) is 7.33. The lowest BCUT2D eigenvalue weighted by molar-refractivity contribution is -0.385. The second kappa shape index (κ2) is 8.79. The van der Waals surface area contributed by atoms with Crippen LogP contribution in [0.3, 0.4) is 0 Å². The Hall–Kier alpha value is -3.73. The van der Waals surface area contributed by atoms with Gasteiger partial charge in [-0.3, -0.25) is 19.6 Å². The molecule has 1 amide bonds. The van der Waals surface area contributed by atoms with Crippen molar-refractivity contribution in [1.82, 2.24) is 19.7 Å². The van der Waals surface area contributed by atoms with Crippen molar-refractivity contribution in [2.75, 3.05) is 13.7 Å². The van der Waals surface area contributed by atoms with E-state index in [1.54, 1.807) is 11.8 Å². The van der Waals surface area contributed by atoms with Gasteiger partial charge < -0.3 is 9.64 Å². The van der Waals surface area contributed by atoms with Crippen molar-refractivity contribution in [2.45, 2.75) is 26.1 Å². The third-order valence-corrected chi connectivity index (χ3v) is 5.18. The average molecular weight is 443 g/mol. The molecule has 0 bridgehead atoms. The summed E-state index contributed by atoms with van der Waals surface area (Å²) in [6.07, 6.45) is 1.52. The van der Waals surface area contributed by atoms with Crippen molar-refractivity contribution < 1.29 is 23.2 Å². The molecule has 9 nitrogen and oxygen atoms in total. The summed E-state index contributed by atoms with van der Waals surface area (Å²) in [5, 5.41) is 15.9. The first-order valence-electron chi connectivity index (χ1n) is 9.77. The van der Waals surface area contributed by atoms with E-state index in [2.05, 4.69) is 10.1 Å². The molecule has 0 spiro atoms. The van der Waals surface area contributed by atoms with Crippen molar-refractivity contribution >= 4 is 11.6 Å². The fourth-order valence-electron chi connectivity index (χ4n) is 3.58. The molecule has 32 heavy (non-hydrogen) atoms. The number of halogens is 2. The van der Waals surface area contributed by atoms with Crippen LogP contribution in [0.4, 0.5) is 14.5 Å². The molecule has 1 aromatic carbocycles. The van der Waals surface area contributed by atoms with Crippen molar-refractivity contribution in [1.29, 1.82) is 0 Å². The van der Waals surface area contributed by atoms with Gasteiger partial charge in [0.05, 0.1) is 42.4 Å². The molecule has 1 aliphatic rings. The highest BCUT2D eigenvalue weighted by Gasteiger charge is 2.29. The predicted molar refractivity (Wildman–Crippen MR) is 108 cm³/mol. The van der Waals surface area contributed by atoms with Crippen LogP contribution >= 0.6 is 0 Å². The van der Waals surface area contributed by atoms with Gasteiger partial charge in [-0.25, -0.2) is 13.8 Å². The van der Waals surface area contributed by atoms with E-state index >= 15 is 0 Å². The third-order valence-electron chi connectivity index (χ3n) is 5.18. The summed E-state index contributed by atoms with van der Waals surface area (Å²) in [7, 11) is 1.60. The normalized spacial score (nSPS) is 12.8. The van der Waals surface area contributed by atoms with Gasteiger partial charge in [-0.1, -0.05) is 0 Å². The molecule has 0 N–H and O–H groups in total. The Morgan fingerprint density at radius 1 is 1.25 bits per heavy atom. The Morgan fingerprint density at radius 2 is 2.06 bits per heavy atom. The molecule has 11 heteroatoms. The molecule has 0 fully saturated rings. The average Bonchev–Trinajstić information content (AvgIpc) is 3.31. The molecule has 0 atom stereocenters. The molecule has 0 radical (unpaired) electrons. The molecule has 4 rings (SSSR count). The molecule has 3 aromatic rings. The van der Waals surface area contributed by atoms with Crippen LogP contribution in [0.1, 0.15) is 17.0 Å². The SMILES string of the molecule is COCCn1cc2c(n1)CN(C(=O)Cc1nc(-c3ccc(F)cc3F)ccc1[N+](=O)[O-])C2. The molecule has 0 saturated carbocycles. The van der Waals surface area contributed by atoms with Crippen LogP contribution in [0.25, 0.3) is 11.3 Å². The Labute approximate surface area is 181 Å².